The molecule has 0 atom stereocenters. The molecular weight excluding hydrogens is 362 g/mol. The van der Waals surface area contributed by atoms with Crippen LogP contribution in [-0.2, 0) is 23.6 Å². The van der Waals surface area contributed by atoms with E-state index in [2.05, 4.69) is 36.1 Å². The van der Waals surface area contributed by atoms with Crippen LogP contribution in [0.25, 0.3) is 21.5 Å². The van der Waals surface area contributed by atoms with E-state index in [4.69, 9.17) is 9.97 Å². The van der Waals surface area contributed by atoms with Crippen LogP contribution in [-0.4, -0.2) is 38.8 Å². The molecule has 0 N–H and O–H groups in total. The van der Waals surface area contributed by atoms with Crippen molar-refractivity contribution in [2.45, 2.75) is 26.2 Å². The summed E-state index contributed by atoms with van der Waals surface area (Å²) in [4.78, 5) is 14.7. The summed E-state index contributed by atoms with van der Waals surface area (Å²) in [5.74, 6) is 2.22. The van der Waals surface area contributed by atoms with Crippen LogP contribution < -0.4 is 4.90 Å². The van der Waals surface area contributed by atoms with Crippen LogP contribution >= 0.6 is 11.3 Å². The van der Waals surface area contributed by atoms with E-state index in [1.165, 1.54) is 34.2 Å². The van der Waals surface area contributed by atoms with Gasteiger partial charge in [0.25, 0.3) is 0 Å². The molecule has 5 rings (SSSR count). The van der Waals surface area contributed by atoms with E-state index in [-0.39, 0.29) is 0 Å². The van der Waals surface area contributed by atoms with Crippen molar-refractivity contribution >= 4 is 38.3 Å². The molecule has 3 aromatic rings. The lowest BCUT2D eigenvalue weighted by molar-refractivity contribution is 0.671. The smallest absolute Gasteiger partial charge is 0.227 e. The molecule has 0 spiro atoms. The molecule has 3 heterocycles. The number of hydrogen-bond donors (Lipinski definition) is 0. The van der Waals surface area contributed by atoms with Gasteiger partial charge in [-0.05, 0) is 31.7 Å². The van der Waals surface area contributed by atoms with Gasteiger partial charge in [-0.15, -0.1) is 11.3 Å². The zero-order chi connectivity index (χ0) is 17.7. The van der Waals surface area contributed by atoms with Crippen molar-refractivity contribution in [2.24, 2.45) is 0 Å². The molecular formula is C20H21N3OS2. The lowest BCUT2D eigenvalue weighted by Crippen LogP contribution is -2.38. The van der Waals surface area contributed by atoms with Crippen molar-refractivity contribution in [3.05, 3.63) is 40.3 Å². The first-order valence-electron chi connectivity index (χ1n) is 9.18. The summed E-state index contributed by atoms with van der Waals surface area (Å²) in [7, 11) is -0.692. The zero-order valence-corrected chi connectivity index (χ0v) is 16.5. The highest BCUT2D eigenvalue weighted by molar-refractivity contribution is 7.85. The van der Waals surface area contributed by atoms with E-state index >= 15 is 0 Å². The highest BCUT2D eigenvalue weighted by Crippen LogP contribution is 2.41. The molecule has 0 saturated carbocycles. The highest BCUT2D eigenvalue weighted by atomic mass is 32.2. The number of aromatic nitrogens is 2. The molecule has 0 amide bonds. The largest absolute Gasteiger partial charge is 0.339 e. The molecule has 1 fully saturated rings. The van der Waals surface area contributed by atoms with E-state index < -0.39 is 10.8 Å². The number of aryl methyl sites for hydroxylation is 3. The second-order valence-electron chi connectivity index (χ2n) is 7.11. The maximum Gasteiger partial charge on any atom is 0.227 e. The van der Waals surface area contributed by atoms with Crippen LogP contribution in [0.1, 0.15) is 22.4 Å². The second kappa shape index (κ2) is 6.43. The molecule has 2 aliphatic rings. The van der Waals surface area contributed by atoms with Crippen LogP contribution in [0.5, 0.6) is 0 Å². The Morgan fingerprint density at radius 3 is 2.62 bits per heavy atom. The molecule has 0 bridgehead atoms. The molecule has 1 aromatic carbocycles. The Morgan fingerprint density at radius 1 is 1.08 bits per heavy atom. The fraction of sp³-hybridized carbons (Fsp3) is 0.400. The lowest BCUT2D eigenvalue weighted by Gasteiger charge is -2.26. The molecule has 4 nitrogen and oxygen atoms in total. The Morgan fingerprint density at radius 2 is 1.85 bits per heavy atom. The fourth-order valence-electron chi connectivity index (χ4n) is 3.88. The maximum atomic E-state index is 11.7. The summed E-state index contributed by atoms with van der Waals surface area (Å²) in [6.45, 7) is 3.66. The Hall–Kier alpha value is -1.79. The molecule has 1 saturated heterocycles. The Bertz CT molecular complexity index is 1000. The summed E-state index contributed by atoms with van der Waals surface area (Å²) in [5.41, 5.74) is 4.95. The van der Waals surface area contributed by atoms with E-state index in [0.717, 1.165) is 41.5 Å². The first-order chi connectivity index (χ1) is 12.7. The van der Waals surface area contributed by atoms with Crippen molar-refractivity contribution in [3.63, 3.8) is 0 Å². The quantitative estimate of drug-likeness (QED) is 0.677. The topological polar surface area (TPSA) is 46.1 Å². The molecule has 2 aromatic heterocycles. The van der Waals surface area contributed by atoms with Crippen molar-refractivity contribution in [2.75, 3.05) is 29.5 Å². The number of fused-ring (bicyclic) bond motifs is 3. The number of rotatable bonds is 2. The molecule has 134 valence electrons. The van der Waals surface area contributed by atoms with Crippen LogP contribution in [0, 0.1) is 6.92 Å². The maximum absolute atomic E-state index is 11.7. The van der Waals surface area contributed by atoms with Crippen molar-refractivity contribution < 1.29 is 4.21 Å². The van der Waals surface area contributed by atoms with Gasteiger partial charge in [0.05, 0.1) is 5.69 Å². The number of benzene rings is 1. The summed E-state index contributed by atoms with van der Waals surface area (Å²) >= 11 is 1.84. The van der Waals surface area contributed by atoms with Crippen molar-refractivity contribution in [1.82, 2.24) is 9.97 Å². The van der Waals surface area contributed by atoms with Gasteiger partial charge in [-0.25, -0.2) is 9.97 Å². The summed E-state index contributed by atoms with van der Waals surface area (Å²) in [5, 5.41) is 1.26. The molecule has 0 unspecified atom stereocenters. The summed E-state index contributed by atoms with van der Waals surface area (Å²) < 4.78 is 11.7. The number of hydrogen-bond acceptors (Lipinski definition) is 5. The SMILES string of the molecule is Cc1ccc(-c2nc(N3CCS(=O)CC3)nc3sc4c(c23)CCC4)cc1. The molecule has 26 heavy (non-hydrogen) atoms. The van der Waals surface area contributed by atoms with Crippen molar-refractivity contribution in [3.8, 4) is 11.3 Å². The molecule has 1 aliphatic carbocycles. The average Bonchev–Trinajstić information content (AvgIpc) is 3.23. The standard InChI is InChI=1S/C20H21N3OS2/c1-13-5-7-14(8-6-13)18-17-15-3-2-4-16(15)25-19(17)22-20(21-18)23-9-11-26(24)12-10-23/h5-8H,2-4,9-12H2,1H3. The third-order valence-electron chi connectivity index (χ3n) is 5.34. The predicted octanol–water partition coefficient (Wildman–Crippen LogP) is 3.72. The van der Waals surface area contributed by atoms with Gasteiger partial charge >= 0.3 is 0 Å². The zero-order valence-electron chi connectivity index (χ0n) is 14.8. The summed E-state index contributed by atoms with van der Waals surface area (Å²) in [6, 6.07) is 8.65. The van der Waals surface area contributed by atoms with Crippen molar-refractivity contribution in [1.29, 1.82) is 0 Å². The Balaban J connectivity index is 1.69. The van der Waals surface area contributed by atoms with Gasteiger partial charge in [0, 0.05) is 51.2 Å². The van der Waals surface area contributed by atoms with E-state index in [1.807, 2.05) is 11.3 Å². The van der Waals surface area contributed by atoms with Gasteiger partial charge in [0.2, 0.25) is 5.95 Å². The minimum absolute atomic E-state index is 0.692. The van der Waals surface area contributed by atoms with Crippen LogP contribution in [0.3, 0.4) is 0 Å². The van der Waals surface area contributed by atoms with Gasteiger partial charge < -0.3 is 4.90 Å². The molecule has 6 heteroatoms. The fourth-order valence-corrected chi connectivity index (χ4v) is 6.19. The van der Waals surface area contributed by atoms with Gasteiger partial charge in [-0.1, -0.05) is 29.8 Å². The number of anilines is 1. The second-order valence-corrected chi connectivity index (χ2v) is 9.89. The van der Waals surface area contributed by atoms with E-state index in [0.29, 0.717) is 11.5 Å². The van der Waals surface area contributed by atoms with E-state index in [9.17, 15) is 4.21 Å². The minimum atomic E-state index is -0.692. The number of nitrogens with zero attached hydrogens (tertiary/aromatic N) is 3. The lowest BCUT2D eigenvalue weighted by atomic mass is 10.0. The van der Waals surface area contributed by atoms with Gasteiger partial charge in [-0.2, -0.15) is 0 Å². The minimum Gasteiger partial charge on any atom is -0.339 e. The summed E-state index contributed by atoms with van der Waals surface area (Å²) in [6.07, 6.45) is 3.55. The van der Waals surface area contributed by atoms with Crippen LogP contribution in [0.2, 0.25) is 0 Å². The average molecular weight is 384 g/mol. The Kier molecular flexibility index (Phi) is 4.05. The first kappa shape index (κ1) is 16.4. The normalized spacial score (nSPS) is 17.8. The van der Waals surface area contributed by atoms with Gasteiger partial charge in [0.15, 0.2) is 0 Å². The highest BCUT2D eigenvalue weighted by Gasteiger charge is 2.25. The van der Waals surface area contributed by atoms with E-state index in [1.54, 1.807) is 0 Å². The third kappa shape index (κ3) is 2.76. The third-order valence-corrected chi connectivity index (χ3v) is 7.80. The van der Waals surface area contributed by atoms with Gasteiger partial charge in [0.1, 0.15) is 4.83 Å². The monoisotopic (exact) mass is 383 g/mol. The predicted molar refractivity (Wildman–Crippen MR) is 110 cm³/mol. The van der Waals surface area contributed by atoms with Gasteiger partial charge in [-0.3, -0.25) is 4.21 Å². The first-order valence-corrected chi connectivity index (χ1v) is 11.5. The molecule has 0 radical (unpaired) electrons. The van der Waals surface area contributed by atoms with Crippen LogP contribution in [0.4, 0.5) is 5.95 Å². The molecule has 1 aliphatic heterocycles. The number of thiophene rings is 1. The van der Waals surface area contributed by atoms with Crippen LogP contribution in [0.15, 0.2) is 24.3 Å². The Labute approximate surface area is 159 Å².